The van der Waals surface area contributed by atoms with Crippen LogP contribution in [0.4, 0.5) is 0 Å². The number of ether oxygens (including phenoxy) is 1. The highest BCUT2D eigenvalue weighted by molar-refractivity contribution is 5.92. The van der Waals surface area contributed by atoms with Gasteiger partial charge in [0, 0.05) is 30.0 Å². The van der Waals surface area contributed by atoms with E-state index in [4.69, 9.17) is 9.26 Å². The molecule has 0 radical (unpaired) electrons. The van der Waals surface area contributed by atoms with Gasteiger partial charge in [0.05, 0.1) is 11.6 Å². The Kier molecular flexibility index (Phi) is 5.75. The highest BCUT2D eigenvalue weighted by Crippen LogP contribution is 2.23. The third-order valence-electron chi connectivity index (χ3n) is 5.19. The summed E-state index contributed by atoms with van der Waals surface area (Å²) in [5, 5.41) is 7.95. The third kappa shape index (κ3) is 4.72. The molecule has 0 aliphatic heterocycles. The van der Waals surface area contributed by atoms with Crippen LogP contribution in [0.15, 0.2) is 102 Å². The monoisotopic (exact) mass is 436 g/mol. The molecule has 162 valence electrons. The van der Waals surface area contributed by atoms with Crippen molar-refractivity contribution in [2.45, 2.75) is 12.6 Å². The highest BCUT2D eigenvalue weighted by Gasteiger charge is 2.20. The molecule has 0 bridgehead atoms. The van der Waals surface area contributed by atoms with Gasteiger partial charge in [-0.2, -0.15) is 0 Å². The number of rotatable bonds is 7. The predicted molar refractivity (Wildman–Crippen MR) is 123 cm³/mol. The molecule has 0 unspecified atom stereocenters. The smallest absolute Gasteiger partial charge is 0.274 e. The normalized spacial score (nSPS) is 11.8. The van der Waals surface area contributed by atoms with Gasteiger partial charge in [0.1, 0.15) is 12.4 Å². The quantitative estimate of drug-likeness (QED) is 0.397. The first-order chi connectivity index (χ1) is 16.3. The molecular weight excluding hydrogens is 416 g/mol. The molecule has 0 fully saturated rings. The van der Waals surface area contributed by atoms with Crippen molar-refractivity contribution in [1.29, 1.82) is 0 Å². The zero-order valence-corrected chi connectivity index (χ0v) is 17.6. The van der Waals surface area contributed by atoms with Crippen LogP contribution < -0.4 is 10.1 Å². The van der Waals surface area contributed by atoms with E-state index in [9.17, 15) is 4.79 Å². The zero-order chi connectivity index (χ0) is 22.5. The lowest BCUT2D eigenvalue weighted by Crippen LogP contribution is -2.29. The van der Waals surface area contributed by atoms with Crippen molar-refractivity contribution in [2.24, 2.45) is 0 Å². The molecule has 7 nitrogen and oxygen atoms in total. The van der Waals surface area contributed by atoms with Crippen LogP contribution in [0.2, 0.25) is 0 Å². The Bertz CT molecular complexity index is 1330. The molecule has 5 aromatic rings. The third-order valence-corrected chi connectivity index (χ3v) is 5.19. The Balaban J connectivity index is 1.28. The van der Waals surface area contributed by atoms with Crippen LogP contribution in [0, 0.1) is 0 Å². The number of fused-ring (bicyclic) bond motifs is 1. The van der Waals surface area contributed by atoms with Crippen LogP contribution in [0.5, 0.6) is 5.75 Å². The number of aromatic nitrogens is 3. The van der Waals surface area contributed by atoms with Gasteiger partial charge in [-0.1, -0.05) is 41.6 Å². The summed E-state index contributed by atoms with van der Waals surface area (Å²) in [7, 11) is 0. The highest BCUT2D eigenvalue weighted by atomic mass is 16.5. The van der Waals surface area contributed by atoms with Crippen molar-refractivity contribution in [3.05, 3.63) is 120 Å². The number of hydrogen-bond acceptors (Lipinski definition) is 6. The van der Waals surface area contributed by atoms with Gasteiger partial charge in [-0.15, -0.1) is 0 Å². The van der Waals surface area contributed by atoms with Crippen molar-refractivity contribution in [1.82, 2.24) is 20.4 Å². The van der Waals surface area contributed by atoms with E-state index in [2.05, 4.69) is 20.4 Å². The minimum atomic E-state index is -0.343. The lowest BCUT2D eigenvalue weighted by atomic mass is 9.99. The maximum Gasteiger partial charge on any atom is 0.274 e. The summed E-state index contributed by atoms with van der Waals surface area (Å²) in [6, 6.07) is 24.2. The van der Waals surface area contributed by atoms with Gasteiger partial charge in [-0.3, -0.25) is 14.8 Å². The molecule has 3 aromatic heterocycles. The number of benzene rings is 2. The summed E-state index contributed by atoms with van der Waals surface area (Å²) in [5.41, 5.74) is 2.95. The first-order valence-electron chi connectivity index (χ1n) is 10.5. The number of pyridine rings is 2. The average molecular weight is 436 g/mol. The SMILES string of the molecule is O=C(N[C@@H](c1ccccc1)c1ccncc1)c1cc(COc2ccc3ncccc3c2)on1. The van der Waals surface area contributed by atoms with E-state index in [0.29, 0.717) is 11.5 Å². The average Bonchev–Trinajstić information content (AvgIpc) is 3.36. The lowest BCUT2D eigenvalue weighted by Gasteiger charge is -2.19. The molecule has 0 aliphatic rings. The van der Waals surface area contributed by atoms with Crippen LogP contribution in [0.25, 0.3) is 10.9 Å². The summed E-state index contributed by atoms with van der Waals surface area (Å²) in [5.74, 6) is 0.791. The van der Waals surface area contributed by atoms with Crippen LogP contribution in [-0.4, -0.2) is 21.0 Å². The second-order valence-corrected chi connectivity index (χ2v) is 7.42. The number of nitrogens with one attached hydrogen (secondary N) is 1. The first-order valence-corrected chi connectivity index (χ1v) is 10.5. The van der Waals surface area contributed by atoms with Gasteiger partial charge in [-0.25, -0.2) is 0 Å². The molecule has 1 amide bonds. The number of amides is 1. The zero-order valence-electron chi connectivity index (χ0n) is 17.6. The van der Waals surface area contributed by atoms with Crippen LogP contribution in [-0.2, 0) is 6.61 Å². The van der Waals surface area contributed by atoms with Crippen molar-refractivity contribution >= 4 is 16.8 Å². The largest absolute Gasteiger partial charge is 0.486 e. The molecular formula is C26H20N4O3. The molecule has 0 spiro atoms. The van der Waals surface area contributed by atoms with E-state index in [-0.39, 0.29) is 24.2 Å². The fourth-order valence-electron chi connectivity index (χ4n) is 3.55. The number of carbonyl (C=O) groups excluding carboxylic acids is 1. The Morgan fingerprint density at radius 1 is 0.909 bits per heavy atom. The molecule has 5 rings (SSSR count). The van der Waals surface area contributed by atoms with Crippen molar-refractivity contribution < 1.29 is 14.1 Å². The fourth-order valence-corrected chi connectivity index (χ4v) is 3.55. The molecule has 33 heavy (non-hydrogen) atoms. The van der Waals surface area contributed by atoms with Crippen LogP contribution in [0.1, 0.15) is 33.4 Å². The Labute approximate surface area is 190 Å². The molecule has 2 aromatic carbocycles. The fraction of sp³-hybridized carbons (Fsp3) is 0.0769. The minimum Gasteiger partial charge on any atom is -0.486 e. The maximum absolute atomic E-state index is 12.9. The Morgan fingerprint density at radius 3 is 2.58 bits per heavy atom. The van der Waals surface area contributed by atoms with Gasteiger partial charge < -0.3 is 14.6 Å². The van der Waals surface area contributed by atoms with E-state index in [0.717, 1.165) is 22.0 Å². The molecule has 7 heteroatoms. The summed E-state index contributed by atoms with van der Waals surface area (Å²) >= 11 is 0. The van der Waals surface area contributed by atoms with Gasteiger partial charge in [0.2, 0.25) is 0 Å². The summed E-state index contributed by atoms with van der Waals surface area (Å²) < 4.78 is 11.1. The summed E-state index contributed by atoms with van der Waals surface area (Å²) in [6.07, 6.45) is 5.15. The van der Waals surface area contributed by atoms with E-state index in [1.807, 2.05) is 72.8 Å². The topological polar surface area (TPSA) is 90.1 Å². The number of nitrogens with zero attached hydrogens (tertiary/aromatic N) is 3. The van der Waals surface area contributed by atoms with Gasteiger partial charge in [0.15, 0.2) is 11.5 Å². The molecule has 0 saturated carbocycles. The van der Waals surface area contributed by atoms with Crippen molar-refractivity contribution in [2.75, 3.05) is 0 Å². The van der Waals surface area contributed by atoms with E-state index < -0.39 is 0 Å². The molecule has 1 atom stereocenters. The Morgan fingerprint density at radius 2 is 1.73 bits per heavy atom. The molecule has 1 N–H and O–H groups in total. The van der Waals surface area contributed by atoms with Gasteiger partial charge in [-0.05, 0) is 47.5 Å². The van der Waals surface area contributed by atoms with Crippen LogP contribution >= 0.6 is 0 Å². The van der Waals surface area contributed by atoms with Gasteiger partial charge in [0.25, 0.3) is 5.91 Å². The summed E-state index contributed by atoms with van der Waals surface area (Å²) in [4.78, 5) is 21.3. The van der Waals surface area contributed by atoms with Crippen molar-refractivity contribution in [3.63, 3.8) is 0 Å². The number of carbonyl (C=O) groups is 1. The maximum atomic E-state index is 12.9. The Hall–Kier alpha value is -4.52. The van der Waals surface area contributed by atoms with E-state index in [1.54, 1.807) is 24.7 Å². The van der Waals surface area contributed by atoms with Crippen molar-refractivity contribution in [3.8, 4) is 5.75 Å². The standard InChI is InChI=1S/C26H20N4O3/c31-26(29-25(18-5-2-1-3-6-18)19-10-13-27-14-11-19)24-16-22(33-30-24)17-32-21-8-9-23-20(15-21)7-4-12-28-23/h1-16,25H,17H2,(H,29,31)/t25-/m0/s1. The van der Waals surface area contributed by atoms with E-state index >= 15 is 0 Å². The molecule has 0 aliphatic carbocycles. The van der Waals surface area contributed by atoms with Gasteiger partial charge >= 0.3 is 0 Å². The second kappa shape index (κ2) is 9.32. The first kappa shape index (κ1) is 20.4. The lowest BCUT2D eigenvalue weighted by molar-refractivity contribution is 0.0933. The summed E-state index contributed by atoms with van der Waals surface area (Å²) in [6.45, 7) is 0.151. The molecule has 0 saturated heterocycles. The molecule has 3 heterocycles. The second-order valence-electron chi connectivity index (χ2n) is 7.42. The predicted octanol–water partition coefficient (Wildman–Crippen LogP) is 4.72. The van der Waals surface area contributed by atoms with Crippen LogP contribution in [0.3, 0.4) is 0 Å². The van der Waals surface area contributed by atoms with E-state index in [1.165, 1.54) is 0 Å². The minimum absolute atomic E-state index is 0.151. The number of hydrogen-bond donors (Lipinski definition) is 1.